The lowest BCUT2D eigenvalue weighted by molar-refractivity contribution is -0.134. The van der Waals surface area contributed by atoms with Gasteiger partial charge in [0.05, 0.1) is 6.10 Å². The van der Waals surface area contributed by atoms with E-state index in [1.807, 2.05) is 4.90 Å². The lowest BCUT2D eigenvalue weighted by Gasteiger charge is -2.22. The second-order valence-corrected chi connectivity index (χ2v) is 7.87. The van der Waals surface area contributed by atoms with Crippen LogP contribution in [0.4, 0.5) is 0 Å². The van der Waals surface area contributed by atoms with Gasteiger partial charge in [-0.3, -0.25) is 9.79 Å². The van der Waals surface area contributed by atoms with E-state index >= 15 is 0 Å². The zero-order valence-corrected chi connectivity index (χ0v) is 15.5. The summed E-state index contributed by atoms with van der Waals surface area (Å²) in [5.74, 6) is 1.74. The summed E-state index contributed by atoms with van der Waals surface area (Å²) in [7, 11) is 0. The van der Waals surface area contributed by atoms with E-state index in [2.05, 4.69) is 22.5 Å². The number of nitrogens with one attached hydrogen (secondary N) is 2. The maximum absolute atomic E-state index is 12.6. The highest BCUT2D eigenvalue weighted by Gasteiger charge is 2.32. The third-order valence-corrected chi connectivity index (χ3v) is 5.99. The fraction of sp³-hybridized carbons (Fsp3) is 0.895. The van der Waals surface area contributed by atoms with E-state index in [1.165, 1.54) is 12.8 Å². The van der Waals surface area contributed by atoms with Crippen LogP contribution in [0, 0.1) is 11.8 Å². The zero-order valence-electron chi connectivity index (χ0n) is 15.5. The molecule has 6 heteroatoms. The fourth-order valence-electron chi connectivity index (χ4n) is 4.46. The molecule has 1 amide bonds. The second kappa shape index (κ2) is 8.88. The number of aliphatic hydroxyl groups is 1. The summed E-state index contributed by atoms with van der Waals surface area (Å²) >= 11 is 0. The number of nitrogens with zero attached hydrogens (tertiary/aromatic N) is 2. The van der Waals surface area contributed by atoms with E-state index in [1.54, 1.807) is 0 Å². The van der Waals surface area contributed by atoms with Crippen molar-refractivity contribution in [3.05, 3.63) is 0 Å². The Balaban J connectivity index is 1.49. The molecule has 25 heavy (non-hydrogen) atoms. The summed E-state index contributed by atoms with van der Waals surface area (Å²) in [6.07, 6.45) is 8.41. The van der Waals surface area contributed by atoms with Gasteiger partial charge in [0.15, 0.2) is 5.96 Å². The summed E-state index contributed by atoms with van der Waals surface area (Å²) in [6.45, 7) is 5.19. The number of aliphatic imine (C=N–C) groups is 1. The minimum absolute atomic E-state index is 0.197. The molecule has 1 saturated heterocycles. The SMILES string of the molecule is CCNC(=NCC1CCCC1O)NC1CCN(C(=O)C2CCCC2)C1. The molecule has 3 atom stereocenters. The van der Waals surface area contributed by atoms with Crippen LogP contribution in [0.15, 0.2) is 4.99 Å². The Morgan fingerprint density at radius 2 is 1.96 bits per heavy atom. The number of rotatable bonds is 5. The minimum atomic E-state index is -0.197. The second-order valence-electron chi connectivity index (χ2n) is 7.87. The first-order valence-electron chi connectivity index (χ1n) is 10.2. The van der Waals surface area contributed by atoms with Gasteiger partial charge in [0.1, 0.15) is 0 Å². The maximum Gasteiger partial charge on any atom is 0.225 e. The van der Waals surface area contributed by atoms with Gasteiger partial charge in [-0.05, 0) is 39.0 Å². The summed E-state index contributed by atoms with van der Waals surface area (Å²) in [6, 6.07) is 0.275. The van der Waals surface area contributed by atoms with Crippen molar-refractivity contribution in [2.75, 3.05) is 26.2 Å². The van der Waals surface area contributed by atoms with Crippen LogP contribution in [0.25, 0.3) is 0 Å². The Morgan fingerprint density at radius 3 is 2.64 bits per heavy atom. The van der Waals surface area contributed by atoms with Crippen molar-refractivity contribution >= 4 is 11.9 Å². The van der Waals surface area contributed by atoms with Gasteiger partial charge in [0.25, 0.3) is 0 Å². The number of hydrogen-bond acceptors (Lipinski definition) is 3. The third kappa shape index (κ3) is 4.87. The van der Waals surface area contributed by atoms with Crippen LogP contribution >= 0.6 is 0 Å². The molecule has 0 bridgehead atoms. The van der Waals surface area contributed by atoms with E-state index in [-0.39, 0.29) is 18.1 Å². The zero-order chi connectivity index (χ0) is 17.6. The Hall–Kier alpha value is -1.30. The highest BCUT2D eigenvalue weighted by atomic mass is 16.3. The van der Waals surface area contributed by atoms with Crippen molar-refractivity contribution in [1.29, 1.82) is 0 Å². The van der Waals surface area contributed by atoms with Crippen molar-refractivity contribution in [1.82, 2.24) is 15.5 Å². The molecule has 3 aliphatic rings. The van der Waals surface area contributed by atoms with Crippen molar-refractivity contribution in [2.24, 2.45) is 16.8 Å². The molecule has 3 fully saturated rings. The number of guanidine groups is 1. The first-order valence-corrected chi connectivity index (χ1v) is 10.2. The Kier molecular flexibility index (Phi) is 6.57. The fourth-order valence-corrected chi connectivity index (χ4v) is 4.46. The van der Waals surface area contributed by atoms with E-state index in [9.17, 15) is 9.90 Å². The number of hydrogen-bond donors (Lipinski definition) is 3. The summed E-state index contributed by atoms with van der Waals surface area (Å²) in [5.41, 5.74) is 0. The van der Waals surface area contributed by atoms with Crippen molar-refractivity contribution in [3.63, 3.8) is 0 Å². The Morgan fingerprint density at radius 1 is 1.16 bits per heavy atom. The predicted molar refractivity (Wildman–Crippen MR) is 99.4 cm³/mol. The predicted octanol–water partition coefficient (Wildman–Crippen LogP) is 1.49. The van der Waals surface area contributed by atoms with Crippen LogP contribution < -0.4 is 10.6 Å². The van der Waals surface area contributed by atoms with Gasteiger partial charge in [-0.25, -0.2) is 0 Å². The number of aliphatic hydroxyl groups excluding tert-OH is 1. The minimum Gasteiger partial charge on any atom is -0.393 e. The standard InChI is InChI=1S/C19H34N4O2/c1-2-20-19(21-12-15-8-5-9-17(15)24)22-16-10-11-23(13-16)18(25)14-6-3-4-7-14/h14-17,24H,2-13H2,1H3,(H2,20,21,22). The molecule has 1 aliphatic heterocycles. The molecule has 3 rings (SSSR count). The largest absolute Gasteiger partial charge is 0.393 e. The maximum atomic E-state index is 12.6. The van der Waals surface area contributed by atoms with Gasteiger partial charge >= 0.3 is 0 Å². The van der Waals surface area contributed by atoms with Crippen LogP contribution in [0.3, 0.4) is 0 Å². The van der Waals surface area contributed by atoms with Gasteiger partial charge in [-0.15, -0.1) is 0 Å². The molecule has 3 N–H and O–H groups in total. The molecule has 6 nitrogen and oxygen atoms in total. The first-order chi connectivity index (χ1) is 12.2. The quantitative estimate of drug-likeness (QED) is 0.519. The van der Waals surface area contributed by atoms with Crippen LogP contribution in [0.5, 0.6) is 0 Å². The van der Waals surface area contributed by atoms with Crippen LogP contribution in [0.2, 0.25) is 0 Å². The summed E-state index contributed by atoms with van der Waals surface area (Å²) in [5, 5.41) is 16.8. The highest BCUT2D eigenvalue weighted by molar-refractivity contribution is 5.81. The molecule has 0 radical (unpaired) electrons. The topological polar surface area (TPSA) is 77.0 Å². The number of carbonyl (C=O) groups is 1. The average molecular weight is 351 g/mol. The number of carbonyl (C=O) groups excluding carboxylic acids is 1. The number of amides is 1. The van der Waals surface area contributed by atoms with E-state index < -0.39 is 0 Å². The normalized spacial score (nSPS) is 30.9. The molecule has 0 aromatic rings. The van der Waals surface area contributed by atoms with Crippen LogP contribution in [-0.4, -0.2) is 60.2 Å². The van der Waals surface area contributed by atoms with Gasteiger partial charge in [-0.1, -0.05) is 19.3 Å². The van der Waals surface area contributed by atoms with E-state index in [4.69, 9.17) is 0 Å². The molecule has 3 unspecified atom stereocenters. The van der Waals surface area contributed by atoms with Crippen molar-refractivity contribution < 1.29 is 9.90 Å². The molecular formula is C19H34N4O2. The van der Waals surface area contributed by atoms with E-state index in [0.717, 1.165) is 64.1 Å². The Labute approximate surface area is 151 Å². The van der Waals surface area contributed by atoms with Crippen LogP contribution in [-0.2, 0) is 4.79 Å². The van der Waals surface area contributed by atoms with Crippen molar-refractivity contribution in [2.45, 2.75) is 70.4 Å². The number of likely N-dealkylation sites (tertiary alicyclic amines) is 1. The first kappa shape index (κ1) is 18.5. The van der Waals surface area contributed by atoms with Gasteiger partial charge in [0.2, 0.25) is 5.91 Å². The molecular weight excluding hydrogens is 316 g/mol. The van der Waals surface area contributed by atoms with E-state index in [0.29, 0.717) is 18.4 Å². The summed E-state index contributed by atoms with van der Waals surface area (Å²) in [4.78, 5) is 19.3. The average Bonchev–Trinajstić information content (AvgIpc) is 3.35. The molecule has 142 valence electrons. The van der Waals surface area contributed by atoms with Crippen molar-refractivity contribution in [3.8, 4) is 0 Å². The summed E-state index contributed by atoms with van der Waals surface area (Å²) < 4.78 is 0. The smallest absolute Gasteiger partial charge is 0.225 e. The molecule has 0 aromatic carbocycles. The Bertz CT molecular complexity index is 476. The molecule has 2 aliphatic carbocycles. The highest BCUT2D eigenvalue weighted by Crippen LogP contribution is 2.28. The van der Waals surface area contributed by atoms with Gasteiger partial charge in [-0.2, -0.15) is 0 Å². The van der Waals surface area contributed by atoms with Gasteiger partial charge in [0, 0.05) is 44.1 Å². The van der Waals surface area contributed by atoms with Crippen LogP contribution in [0.1, 0.15) is 58.3 Å². The van der Waals surface area contributed by atoms with Gasteiger partial charge < -0.3 is 20.6 Å². The monoisotopic (exact) mass is 350 g/mol. The third-order valence-electron chi connectivity index (χ3n) is 5.99. The molecule has 0 aromatic heterocycles. The molecule has 2 saturated carbocycles. The lowest BCUT2D eigenvalue weighted by atomic mass is 10.1. The molecule has 0 spiro atoms. The molecule has 1 heterocycles. The lowest BCUT2D eigenvalue weighted by Crippen LogP contribution is -2.45.